The molecule has 0 radical (unpaired) electrons. The molecule has 0 spiro atoms. The number of para-hydroxylation sites is 1. The number of hydrogen-bond donors (Lipinski definition) is 1. The fourth-order valence-corrected chi connectivity index (χ4v) is 2.59. The van der Waals surface area contributed by atoms with E-state index in [2.05, 4.69) is 4.90 Å². The Morgan fingerprint density at radius 3 is 2.63 bits per heavy atom. The number of anilines is 1. The zero-order valence-electron chi connectivity index (χ0n) is 10.6. The van der Waals surface area contributed by atoms with Crippen LogP contribution in [0, 0.1) is 5.82 Å². The summed E-state index contributed by atoms with van der Waals surface area (Å²) in [7, 11) is 0. The van der Waals surface area contributed by atoms with E-state index in [-0.39, 0.29) is 11.9 Å². The van der Waals surface area contributed by atoms with E-state index in [0.29, 0.717) is 0 Å². The number of rotatable bonds is 2. The molecule has 1 aliphatic rings. The molecular formula is C16H16FNO. The van der Waals surface area contributed by atoms with E-state index in [1.54, 1.807) is 0 Å². The number of hydrogen-bond acceptors (Lipinski definition) is 2. The Kier molecular flexibility index (Phi) is 3.22. The first-order valence-electron chi connectivity index (χ1n) is 6.50. The zero-order valence-corrected chi connectivity index (χ0v) is 10.6. The monoisotopic (exact) mass is 257 g/mol. The van der Waals surface area contributed by atoms with Gasteiger partial charge >= 0.3 is 0 Å². The van der Waals surface area contributed by atoms with E-state index in [1.165, 1.54) is 12.1 Å². The predicted octanol–water partition coefficient (Wildman–Crippen LogP) is 3.27. The summed E-state index contributed by atoms with van der Waals surface area (Å²) in [6.07, 6.45) is 0.360. The maximum atomic E-state index is 12.9. The average molecular weight is 257 g/mol. The van der Waals surface area contributed by atoms with Gasteiger partial charge in [0.05, 0.1) is 6.10 Å². The molecule has 0 amide bonds. The van der Waals surface area contributed by atoms with Crippen LogP contribution in [0.2, 0.25) is 0 Å². The van der Waals surface area contributed by atoms with Crippen molar-refractivity contribution in [2.45, 2.75) is 19.1 Å². The van der Waals surface area contributed by atoms with Crippen LogP contribution in [-0.4, -0.2) is 11.7 Å². The Morgan fingerprint density at radius 2 is 1.84 bits per heavy atom. The predicted molar refractivity (Wildman–Crippen MR) is 73.5 cm³/mol. The molecule has 0 aliphatic carbocycles. The first kappa shape index (κ1) is 12.2. The molecule has 1 heterocycles. The number of nitrogens with zero attached hydrogens (tertiary/aromatic N) is 1. The van der Waals surface area contributed by atoms with E-state index >= 15 is 0 Å². The van der Waals surface area contributed by atoms with Crippen molar-refractivity contribution in [3.63, 3.8) is 0 Å². The lowest BCUT2D eigenvalue weighted by atomic mass is 9.98. The van der Waals surface area contributed by atoms with E-state index in [4.69, 9.17) is 0 Å². The number of aliphatic hydroxyl groups excluding tert-OH is 1. The summed E-state index contributed by atoms with van der Waals surface area (Å²) >= 11 is 0. The van der Waals surface area contributed by atoms with Crippen LogP contribution in [0.4, 0.5) is 10.1 Å². The third kappa shape index (κ3) is 2.47. The largest absolute Gasteiger partial charge is 0.388 e. The first-order valence-corrected chi connectivity index (χ1v) is 6.50. The Balaban J connectivity index is 1.86. The summed E-state index contributed by atoms with van der Waals surface area (Å²) in [6, 6.07) is 14.5. The topological polar surface area (TPSA) is 23.5 Å². The van der Waals surface area contributed by atoms with E-state index < -0.39 is 0 Å². The highest BCUT2D eigenvalue weighted by Crippen LogP contribution is 2.34. The van der Waals surface area contributed by atoms with Gasteiger partial charge in [-0.2, -0.15) is 0 Å². The molecule has 0 bridgehead atoms. The van der Waals surface area contributed by atoms with Crippen LogP contribution in [0.3, 0.4) is 0 Å². The third-order valence-corrected chi connectivity index (χ3v) is 3.60. The molecule has 0 saturated carbocycles. The lowest BCUT2D eigenvalue weighted by Gasteiger charge is -2.33. The van der Waals surface area contributed by atoms with Crippen molar-refractivity contribution < 1.29 is 9.50 Å². The molecule has 3 heteroatoms. The molecule has 0 saturated heterocycles. The van der Waals surface area contributed by atoms with Crippen molar-refractivity contribution in [1.82, 2.24) is 0 Å². The summed E-state index contributed by atoms with van der Waals surface area (Å²) in [4.78, 5) is 2.23. The highest BCUT2D eigenvalue weighted by molar-refractivity contribution is 5.56. The van der Waals surface area contributed by atoms with Gasteiger partial charge in [-0.1, -0.05) is 30.3 Å². The number of benzene rings is 2. The summed E-state index contributed by atoms with van der Waals surface area (Å²) in [5, 5.41) is 10.0. The lowest BCUT2D eigenvalue weighted by molar-refractivity contribution is 0.164. The van der Waals surface area contributed by atoms with Gasteiger partial charge in [0.2, 0.25) is 0 Å². The highest BCUT2D eigenvalue weighted by atomic mass is 19.1. The minimum absolute atomic E-state index is 0.210. The molecule has 2 nitrogen and oxygen atoms in total. The fraction of sp³-hybridized carbons (Fsp3) is 0.250. The van der Waals surface area contributed by atoms with Crippen molar-refractivity contribution in [2.24, 2.45) is 0 Å². The second-order valence-electron chi connectivity index (χ2n) is 4.91. The minimum Gasteiger partial charge on any atom is -0.388 e. The van der Waals surface area contributed by atoms with Gasteiger partial charge in [-0.3, -0.25) is 0 Å². The van der Waals surface area contributed by atoms with Gasteiger partial charge in [0.1, 0.15) is 5.82 Å². The molecule has 1 aliphatic heterocycles. The van der Waals surface area contributed by atoms with Crippen LogP contribution < -0.4 is 4.90 Å². The summed E-state index contributed by atoms with van der Waals surface area (Å²) in [6.45, 7) is 1.56. The smallest absolute Gasteiger partial charge is 0.123 e. The molecule has 2 aromatic rings. The van der Waals surface area contributed by atoms with Crippen molar-refractivity contribution in [3.05, 3.63) is 65.5 Å². The number of halogens is 1. The van der Waals surface area contributed by atoms with Crippen LogP contribution in [0.15, 0.2) is 48.5 Å². The van der Waals surface area contributed by atoms with Crippen LogP contribution >= 0.6 is 0 Å². The lowest BCUT2D eigenvalue weighted by Crippen LogP contribution is -2.30. The van der Waals surface area contributed by atoms with E-state index in [1.807, 2.05) is 36.4 Å². The molecule has 19 heavy (non-hydrogen) atoms. The summed E-state index contributed by atoms with van der Waals surface area (Å²) < 4.78 is 12.9. The second kappa shape index (κ2) is 5.02. The molecule has 0 aromatic heterocycles. The molecule has 0 fully saturated rings. The van der Waals surface area contributed by atoms with Gasteiger partial charge in [-0.25, -0.2) is 4.39 Å². The fourth-order valence-electron chi connectivity index (χ4n) is 2.59. The van der Waals surface area contributed by atoms with Crippen LogP contribution in [-0.2, 0) is 6.54 Å². The third-order valence-electron chi connectivity index (χ3n) is 3.60. The standard InChI is InChI=1S/C16H16FNO/c17-13-7-5-12(6-8-13)11-18-10-9-16(19)14-3-1-2-4-15(14)18/h1-8,16,19H,9-11H2. The SMILES string of the molecule is OC1CCN(Cc2ccc(F)cc2)c2ccccc21. The molecular weight excluding hydrogens is 241 g/mol. The first-order chi connectivity index (χ1) is 9.24. The molecule has 98 valence electrons. The quantitative estimate of drug-likeness (QED) is 0.892. The van der Waals surface area contributed by atoms with Crippen molar-refractivity contribution in [1.29, 1.82) is 0 Å². The van der Waals surface area contributed by atoms with Crippen LogP contribution in [0.1, 0.15) is 23.7 Å². The van der Waals surface area contributed by atoms with Gasteiger partial charge in [0, 0.05) is 24.3 Å². The summed E-state index contributed by atoms with van der Waals surface area (Å²) in [5.41, 5.74) is 3.13. The van der Waals surface area contributed by atoms with Gasteiger partial charge in [0.25, 0.3) is 0 Å². The van der Waals surface area contributed by atoms with Gasteiger partial charge in [-0.15, -0.1) is 0 Å². The number of aliphatic hydroxyl groups is 1. The minimum atomic E-state index is -0.374. The Bertz CT molecular complexity index is 567. The maximum Gasteiger partial charge on any atom is 0.123 e. The molecule has 2 aromatic carbocycles. The molecule has 1 atom stereocenters. The zero-order chi connectivity index (χ0) is 13.2. The molecule has 1 N–H and O–H groups in total. The van der Waals surface area contributed by atoms with Gasteiger partial charge in [0.15, 0.2) is 0 Å². The van der Waals surface area contributed by atoms with Crippen LogP contribution in [0.25, 0.3) is 0 Å². The number of fused-ring (bicyclic) bond motifs is 1. The van der Waals surface area contributed by atoms with Crippen LogP contribution in [0.5, 0.6) is 0 Å². The van der Waals surface area contributed by atoms with E-state index in [9.17, 15) is 9.50 Å². The van der Waals surface area contributed by atoms with Crippen molar-refractivity contribution in [3.8, 4) is 0 Å². The average Bonchev–Trinajstić information content (AvgIpc) is 2.45. The molecule has 1 unspecified atom stereocenters. The molecule has 3 rings (SSSR count). The summed E-state index contributed by atoms with van der Waals surface area (Å²) in [5.74, 6) is -0.210. The maximum absolute atomic E-state index is 12.9. The highest BCUT2D eigenvalue weighted by Gasteiger charge is 2.22. The van der Waals surface area contributed by atoms with E-state index in [0.717, 1.165) is 36.3 Å². The van der Waals surface area contributed by atoms with Gasteiger partial charge in [-0.05, 0) is 30.2 Å². The second-order valence-corrected chi connectivity index (χ2v) is 4.91. The van der Waals surface area contributed by atoms with Gasteiger partial charge < -0.3 is 10.0 Å². The Hall–Kier alpha value is -1.87. The Morgan fingerprint density at radius 1 is 1.11 bits per heavy atom. The normalized spacial score (nSPS) is 18.2. The van der Waals surface area contributed by atoms with Crippen molar-refractivity contribution in [2.75, 3.05) is 11.4 Å². The Labute approximate surface area is 112 Å². The van der Waals surface area contributed by atoms with Crippen molar-refractivity contribution >= 4 is 5.69 Å².